The average molecular weight is 378 g/mol. The molecular weight excluding hydrogens is 354 g/mol. The number of hydrogen-bond donors (Lipinski definition) is 1. The number of sulfone groups is 1. The SMILES string of the molecule is Cc1cccc(CSCC(=O)N[C@@H](C)c2ccc(S(C)(=O)=O)cc2)c1. The summed E-state index contributed by atoms with van der Waals surface area (Å²) >= 11 is 1.57. The summed E-state index contributed by atoms with van der Waals surface area (Å²) in [7, 11) is -3.20. The highest BCUT2D eigenvalue weighted by Crippen LogP contribution is 2.17. The summed E-state index contributed by atoms with van der Waals surface area (Å²) in [6.07, 6.45) is 1.18. The lowest BCUT2D eigenvalue weighted by atomic mass is 10.1. The van der Waals surface area contributed by atoms with E-state index in [0.29, 0.717) is 5.75 Å². The van der Waals surface area contributed by atoms with Gasteiger partial charge in [0.1, 0.15) is 0 Å². The van der Waals surface area contributed by atoms with E-state index in [1.165, 1.54) is 17.4 Å². The van der Waals surface area contributed by atoms with Gasteiger partial charge in [0.25, 0.3) is 0 Å². The second kappa shape index (κ2) is 8.54. The summed E-state index contributed by atoms with van der Waals surface area (Å²) in [6.45, 7) is 3.94. The molecule has 4 nitrogen and oxygen atoms in total. The predicted octanol–water partition coefficient (Wildman–Crippen LogP) is 3.51. The van der Waals surface area contributed by atoms with E-state index in [1.807, 2.05) is 13.0 Å². The van der Waals surface area contributed by atoms with Crippen LogP contribution in [-0.2, 0) is 20.4 Å². The fraction of sp³-hybridized carbons (Fsp3) is 0.316. The van der Waals surface area contributed by atoms with Gasteiger partial charge in [0.2, 0.25) is 5.91 Å². The first kappa shape index (κ1) is 19.5. The summed E-state index contributed by atoms with van der Waals surface area (Å²) in [6, 6.07) is 14.7. The summed E-state index contributed by atoms with van der Waals surface area (Å²) < 4.78 is 23.0. The molecule has 2 aromatic carbocycles. The number of aryl methyl sites for hydroxylation is 1. The Morgan fingerprint density at radius 3 is 2.44 bits per heavy atom. The maximum atomic E-state index is 12.1. The van der Waals surface area contributed by atoms with Crippen molar-refractivity contribution in [2.75, 3.05) is 12.0 Å². The van der Waals surface area contributed by atoms with Crippen LogP contribution in [0.5, 0.6) is 0 Å². The van der Waals surface area contributed by atoms with Gasteiger partial charge in [-0.15, -0.1) is 11.8 Å². The first-order valence-electron chi connectivity index (χ1n) is 7.98. The van der Waals surface area contributed by atoms with Crippen LogP contribution in [0, 0.1) is 6.92 Å². The Morgan fingerprint density at radius 2 is 1.84 bits per heavy atom. The van der Waals surface area contributed by atoms with Crippen molar-refractivity contribution in [2.24, 2.45) is 0 Å². The molecule has 6 heteroatoms. The minimum Gasteiger partial charge on any atom is -0.349 e. The number of thioether (sulfide) groups is 1. The number of carbonyl (C=O) groups is 1. The average Bonchev–Trinajstić information content (AvgIpc) is 2.54. The smallest absolute Gasteiger partial charge is 0.230 e. The first-order chi connectivity index (χ1) is 11.8. The molecule has 0 aliphatic rings. The van der Waals surface area contributed by atoms with Crippen LogP contribution < -0.4 is 5.32 Å². The molecule has 0 heterocycles. The molecule has 0 aliphatic carbocycles. The van der Waals surface area contributed by atoms with Crippen LogP contribution in [-0.4, -0.2) is 26.3 Å². The van der Waals surface area contributed by atoms with Gasteiger partial charge in [-0.2, -0.15) is 0 Å². The Balaban J connectivity index is 1.83. The number of amides is 1. The summed E-state index contributed by atoms with van der Waals surface area (Å²) in [5, 5.41) is 2.94. The van der Waals surface area contributed by atoms with E-state index >= 15 is 0 Å². The van der Waals surface area contributed by atoms with Crippen LogP contribution in [0.25, 0.3) is 0 Å². The maximum absolute atomic E-state index is 12.1. The molecule has 1 N–H and O–H groups in total. The standard InChI is InChI=1S/C19H23NO3S2/c1-14-5-4-6-16(11-14)12-24-13-19(21)20-15(2)17-7-9-18(10-8-17)25(3,22)23/h4-11,15H,12-13H2,1-3H3,(H,20,21)/t15-/m0/s1. The van der Waals surface area contributed by atoms with Gasteiger partial charge in [-0.25, -0.2) is 8.42 Å². The molecule has 1 atom stereocenters. The van der Waals surface area contributed by atoms with Crippen molar-refractivity contribution in [3.05, 3.63) is 65.2 Å². The van der Waals surface area contributed by atoms with Gasteiger partial charge in [0, 0.05) is 12.0 Å². The molecule has 0 bridgehead atoms. The highest BCUT2D eigenvalue weighted by Gasteiger charge is 2.12. The number of nitrogens with one attached hydrogen (secondary N) is 1. The zero-order chi connectivity index (χ0) is 18.4. The molecule has 0 aromatic heterocycles. The topological polar surface area (TPSA) is 63.2 Å². The highest BCUT2D eigenvalue weighted by atomic mass is 32.2. The highest BCUT2D eigenvalue weighted by molar-refractivity contribution is 7.99. The Labute approximate surface area is 154 Å². The molecule has 25 heavy (non-hydrogen) atoms. The van der Waals surface area contributed by atoms with E-state index in [0.717, 1.165) is 11.3 Å². The number of benzene rings is 2. The van der Waals surface area contributed by atoms with Gasteiger partial charge in [-0.1, -0.05) is 42.0 Å². The van der Waals surface area contributed by atoms with E-state index in [4.69, 9.17) is 0 Å². The van der Waals surface area contributed by atoms with Gasteiger partial charge >= 0.3 is 0 Å². The Kier molecular flexibility index (Phi) is 6.67. The van der Waals surface area contributed by atoms with E-state index < -0.39 is 9.84 Å². The lowest BCUT2D eigenvalue weighted by Gasteiger charge is -2.14. The van der Waals surface area contributed by atoms with Crippen LogP contribution in [0.1, 0.15) is 29.7 Å². The second-order valence-electron chi connectivity index (χ2n) is 6.11. The summed E-state index contributed by atoms with van der Waals surface area (Å²) in [5.41, 5.74) is 3.31. The molecule has 0 spiro atoms. The van der Waals surface area contributed by atoms with Crippen molar-refractivity contribution in [3.8, 4) is 0 Å². The number of rotatable bonds is 7. The number of hydrogen-bond acceptors (Lipinski definition) is 4. The molecule has 0 fully saturated rings. The first-order valence-corrected chi connectivity index (χ1v) is 11.0. The third-order valence-corrected chi connectivity index (χ3v) is 5.90. The molecule has 0 unspecified atom stereocenters. The van der Waals surface area contributed by atoms with E-state index in [1.54, 1.807) is 36.0 Å². The third-order valence-electron chi connectivity index (χ3n) is 3.77. The van der Waals surface area contributed by atoms with Gasteiger partial charge in [-0.05, 0) is 37.1 Å². The second-order valence-corrected chi connectivity index (χ2v) is 9.11. The van der Waals surface area contributed by atoms with Crippen LogP contribution in [0.4, 0.5) is 0 Å². The van der Waals surface area contributed by atoms with Crippen molar-refractivity contribution in [1.82, 2.24) is 5.32 Å². The maximum Gasteiger partial charge on any atom is 0.230 e. The number of carbonyl (C=O) groups excluding carboxylic acids is 1. The lowest BCUT2D eigenvalue weighted by Crippen LogP contribution is -2.28. The third kappa shape index (κ3) is 6.21. The molecule has 0 radical (unpaired) electrons. The minimum absolute atomic E-state index is 0.0302. The van der Waals surface area contributed by atoms with Crippen LogP contribution in [0.3, 0.4) is 0 Å². The zero-order valence-corrected chi connectivity index (χ0v) is 16.3. The van der Waals surface area contributed by atoms with Crippen molar-refractivity contribution >= 4 is 27.5 Å². The largest absolute Gasteiger partial charge is 0.349 e. The van der Waals surface area contributed by atoms with Crippen LogP contribution in [0.2, 0.25) is 0 Å². The van der Waals surface area contributed by atoms with E-state index in [9.17, 15) is 13.2 Å². The molecule has 2 aromatic rings. The van der Waals surface area contributed by atoms with Gasteiger partial charge in [0.05, 0.1) is 16.7 Å². The van der Waals surface area contributed by atoms with E-state index in [2.05, 4.69) is 30.4 Å². The molecule has 0 saturated carbocycles. The lowest BCUT2D eigenvalue weighted by molar-refractivity contribution is -0.119. The normalized spacial score (nSPS) is 12.6. The van der Waals surface area contributed by atoms with Gasteiger partial charge < -0.3 is 5.32 Å². The fourth-order valence-corrected chi connectivity index (χ4v) is 3.85. The summed E-state index contributed by atoms with van der Waals surface area (Å²) in [5.74, 6) is 1.16. The molecule has 0 saturated heterocycles. The van der Waals surface area contributed by atoms with Crippen molar-refractivity contribution in [1.29, 1.82) is 0 Å². The minimum atomic E-state index is -3.20. The zero-order valence-electron chi connectivity index (χ0n) is 14.7. The molecular formula is C19H23NO3S2. The molecule has 1 amide bonds. The summed E-state index contributed by atoms with van der Waals surface area (Å²) in [4.78, 5) is 12.4. The van der Waals surface area contributed by atoms with Crippen molar-refractivity contribution in [2.45, 2.75) is 30.5 Å². The molecule has 134 valence electrons. The van der Waals surface area contributed by atoms with Crippen LogP contribution >= 0.6 is 11.8 Å². The fourth-order valence-electron chi connectivity index (χ4n) is 2.43. The Hall–Kier alpha value is -1.79. The molecule has 0 aliphatic heterocycles. The van der Waals surface area contributed by atoms with Gasteiger partial charge in [-0.3, -0.25) is 4.79 Å². The van der Waals surface area contributed by atoms with Crippen molar-refractivity contribution in [3.63, 3.8) is 0 Å². The molecule has 2 rings (SSSR count). The van der Waals surface area contributed by atoms with Gasteiger partial charge in [0.15, 0.2) is 9.84 Å². The van der Waals surface area contributed by atoms with E-state index in [-0.39, 0.29) is 16.8 Å². The van der Waals surface area contributed by atoms with Crippen molar-refractivity contribution < 1.29 is 13.2 Å². The Morgan fingerprint density at radius 1 is 1.16 bits per heavy atom. The van der Waals surface area contributed by atoms with Crippen LogP contribution in [0.15, 0.2) is 53.4 Å². The quantitative estimate of drug-likeness (QED) is 0.802. The Bertz CT molecular complexity index is 830. The predicted molar refractivity (Wildman–Crippen MR) is 103 cm³/mol. The monoisotopic (exact) mass is 377 g/mol.